The second kappa shape index (κ2) is 8.62. The largest absolute Gasteiger partial charge is 0.496 e. The van der Waals surface area contributed by atoms with Crippen molar-refractivity contribution in [3.05, 3.63) is 59.9 Å². The van der Waals surface area contributed by atoms with Crippen molar-refractivity contribution < 1.29 is 18.8 Å². The van der Waals surface area contributed by atoms with Gasteiger partial charge in [-0.15, -0.1) is 0 Å². The fourth-order valence-electron chi connectivity index (χ4n) is 5.13. The number of carbonyl (C=O) groups is 1. The molecule has 4 heterocycles. The van der Waals surface area contributed by atoms with Crippen molar-refractivity contribution >= 4 is 18.4 Å². The van der Waals surface area contributed by atoms with Crippen molar-refractivity contribution in [3.63, 3.8) is 0 Å². The van der Waals surface area contributed by atoms with Crippen LogP contribution < -0.4 is 5.46 Å². The van der Waals surface area contributed by atoms with Gasteiger partial charge in [0.05, 0.1) is 24.4 Å². The molecular formula is C26H33BN2O4. The smallest absolute Gasteiger partial charge is 0.399 e. The van der Waals surface area contributed by atoms with Crippen LogP contribution >= 0.6 is 0 Å². The van der Waals surface area contributed by atoms with Crippen molar-refractivity contribution in [3.8, 4) is 0 Å². The van der Waals surface area contributed by atoms with Crippen LogP contribution in [0.2, 0.25) is 0 Å². The molecule has 0 amide bonds. The highest BCUT2D eigenvalue weighted by Crippen LogP contribution is 2.37. The van der Waals surface area contributed by atoms with E-state index < -0.39 is 18.3 Å². The number of hydrogen-bond donors (Lipinski definition) is 0. The number of rotatable bonds is 5. The Morgan fingerprint density at radius 1 is 1.00 bits per heavy atom. The molecule has 0 N–H and O–H groups in total. The summed E-state index contributed by atoms with van der Waals surface area (Å²) in [7, 11) is -0.468. The molecule has 5 rings (SSSR count). The minimum Gasteiger partial charge on any atom is -0.399 e. The van der Waals surface area contributed by atoms with Crippen molar-refractivity contribution in [1.82, 2.24) is 9.88 Å². The first-order chi connectivity index (χ1) is 15.7. The highest BCUT2D eigenvalue weighted by atomic mass is 16.7. The lowest BCUT2D eigenvalue weighted by molar-refractivity contribution is -0.0873. The lowest BCUT2D eigenvalue weighted by Crippen LogP contribution is -2.57. The predicted octanol–water partition coefficient (Wildman–Crippen LogP) is 3.24. The van der Waals surface area contributed by atoms with Crippen molar-refractivity contribution in [2.45, 2.75) is 70.4 Å². The lowest BCUT2D eigenvalue weighted by atomic mass is 9.79. The van der Waals surface area contributed by atoms with Gasteiger partial charge in [-0.25, -0.2) is 0 Å². The first-order valence-corrected chi connectivity index (χ1v) is 12.0. The van der Waals surface area contributed by atoms with Gasteiger partial charge in [-0.05, 0) is 52.2 Å². The van der Waals surface area contributed by atoms with Gasteiger partial charge >= 0.3 is 7.12 Å². The number of ether oxygens (including phenoxy) is 1. The molecular weight excluding hydrogens is 415 g/mol. The molecule has 174 valence electrons. The number of piperidine rings is 1. The summed E-state index contributed by atoms with van der Waals surface area (Å²) < 4.78 is 18.1. The molecule has 33 heavy (non-hydrogen) atoms. The minimum absolute atomic E-state index is 0.0221. The number of benzene rings is 1. The quantitative estimate of drug-likeness (QED) is 0.517. The van der Waals surface area contributed by atoms with Crippen LogP contribution in [-0.4, -0.2) is 59.3 Å². The number of morpholine rings is 1. The van der Waals surface area contributed by atoms with Gasteiger partial charge in [-0.3, -0.25) is 14.7 Å². The van der Waals surface area contributed by atoms with Crippen LogP contribution in [-0.2, 0) is 20.6 Å². The van der Waals surface area contributed by atoms with Crippen LogP contribution in [0.4, 0.5) is 0 Å². The first kappa shape index (κ1) is 22.7. The molecule has 6 nitrogen and oxygen atoms in total. The Balaban J connectivity index is 1.26. The molecule has 2 unspecified atom stereocenters. The summed E-state index contributed by atoms with van der Waals surface area (Å²) in [6, 6.07) is 14.8. The molecule has 0 radical (unpaired) electrons. The Morgan fingerprint density at radius 3 is 2.21 bits per heavy atom. The Hall–Kier alpha value is -2.06. The summed E-state index contributed by atoms with van der Waals surface area (Å²) in [6.07, 6.45) is 3.34. The zero-order chi connectivity index (χ0) is 23.2. The number of pyridine rings is 1. The Labute approximate surface area is 196 Å². The Morgan fingerprint density at radius 2 is 1.64 bits per heavy atom. The second-order valence-electron chi connectivity index (χ2n) is 10.6. The van der Waals surface area contributed by atoms with Crippen molar-refractivity contribution in [2.24, 2.45) is 5.92 Å². The van der Waals surface area contributed by atoms with E-state index in [1.54, 1.807) is 6.20 Å². The number of carbonyl (C=O) groups excluding carboxylic acids is 1. The average molecular weight is 448 g/mol. The maximum atomic E-state index is 13.4. The van der Waals surface area contributed by atoms with E-state index in [4.69, 9.17) is 14.0 Å². The van der Waals surface area contributed by atoms with Gasteiger partial charge in [-0.1, -0.05) is 36.4 Å². The van der Waals surface area contributed by atoms with Crippen LogP contribution in [0, 0.1) is 5.92 Å². The molecule has 0 aliphatic carbocycles. The van der Waals surface area contributed by atoms with Crippen molar-refractivity contribution in [1.29, 1.82) is 0 Å². The molecule has 3 fully saturated rings. The Bertz CT molecular complexity index is 965. The van der Waals surface area contributed by atoms with E-state index in [9.17, 15) is 4.79 Å². The summed E-state index contributed by atoms with van der Waals surface area (Å²) in [6.45, 7) is 10.4. The van der Waals surface area contributed by atoms with Crippen molar-refractivity contribution in [2.75, 3.05) is 13.2 Å². The molecule has 2 atom stereocenters. The molecule has 0 spiro atoms. The number of ketones is 1. The average Bonchev–Trinajstić information content (AvgIpc) is 3.01. The van der Waals surface area contributed by atoms with E-state index in [2.05, 4.69) is 34.1 Å². The molecule has 2 bridgehead atoms. The third-order valence-electron chi connectivity index (χ3n) is 7.81. The molecule has 3 aliphatic rings. The minimum atomic E-state index is -0.468. The number of hydrogen-bond acceptors (Lipinski definition) is 6. The van der Waals surface area contributed by atoms with Crippen LogP contribution in [0.5, 0.6) is 0 Å². The van der Waals surface area contributed by atoms with Gasteiger partial charge in [0.15, 0.2) is 5.78 Å². The van der Waals surface area contributed by atoms with E-state index >= 15 is 0 Å². The summed E-state index contributed by atoms with van der Waals surface area (Å²) in [4.78, 5) is 20.4. The van der Waals surface area contributed by atoms with Crippen LogP contribution in [0.25, 0.3) is 0 Å². The van der Waals surface area contributed by atoms with Gasteiger partial charge in [0.2, 0.25) is 0 Å². The zero-order valence-corrected chi connectivity index (χ0v) is 20.0. The maximum Gasteiger partial charge on any atom is 0.496 e. The SMILES string of the molecule is CC1(C)OB(c2ccc(C(=O)C3CC4COCC(C3)N4Cc3ccccc3)nc2)OC1(C)C. The highest BCUT2D eigenvalue weighted by Gasteiger charge is 2.52. The monoisotopic (exact) mass is 448 g/mol. The third-order valence-corrected chi connectivity index (χ3v) is 7.81. The van der Waals surface area contributed by atoms with Gasteiger partial charge in [-0.2, -0.15) is 0 Å². The lowest BCUT2D eigenvalue weighted by Gasteiger charge is -2.48. The highest BCUT2D eigenvalue weighted by molar-refractivity contribution is 6.62. The molecule has 7 heteroatoms. The van der Waals surface area contributed by atoms with Gasteiger partial charge in [0, 0.05) is 36.2 Å². The molecule has 0 saturated carbocycles. The normalized spacial score (nSPS) is 28.6. The topological polar surface area (TPSA) is 60.9 Å². The first-order valence-electron chi connectivity index (χ1n) is 12.0. The molecule has 2 aromatic rings. The zero-order valence-electron chi connectivity index (χ0n) is 20.0. The molecule has 3 aliphatic heterocycles. The van der Waals surface area contributed by atoms with E-state index in [1.165, 1.54) is 5.56 Å². The summed E-state index contributed by atoms with van der Waals surface area (Å²) in [5.41, 5.74) is 1.86. The van der Waals surface area contributed by atoms with Crippen LogP contribution in [0.15, 0.2) is 48.7 Å². The number of aromatic nitrogens is 1. The van der Waals surface area contributed by atoms with Gasteiger partial charge in [0.1, 0.15) is 5.69 Å². The number of Topliss-reactive ketones (excluding diaryl/α,β-unsaturated/α-hetero) is 1. The van der Waals surface area contributed by atoms with E-state index in [-0.39, 0.29) is 23.8 Å². The summed E-state index contributed by atoms with van der Waals surface area (Å²) in [5.74, 6) is 0.109. The van der Waals surface area contributed by atoms with E-state index in [0.29, 0.717) is 18.9 Å². The fraction of sp³-hybridized carbons (Fsp3) is 0.538. The van der Waals surface area contributed by atoms with Crippen LogP contribution in [0.3, 0.4) is 0 Å². The maximum absolute atomic E-state index is 13.4. The summed E-state index contributed by atoms with van der Waals surface area (Å²) in [5, 5.41) is 0. The fourth-order valence-corrected chi connectivity index (χ4v) is 5.13. The summed E-state index contributed by atoms with van der Waals surface area (Å²) >= 11 is 0. The van der Waals surface area contributed by atoms with Gasteiger partial charge < -0.3 is 14.0 Å². The number of nitrogens with zero attached hydrogens (tertiary/aromatic N) is 2. The Kier molecular flexibility index (Phi) is 5.94. The second-order valence-corrected chi connectivity index (χ2v) is 10.6. The standard InChI is InChI=1S/C26H33BN2O4/c1-25(2)26(3,4)33-27(32-25)20-10-11-23(28-14-20)24(30)19-12-21-16-31-17-22(13-19)29(21)15-18-8-6-5-7-9-18/h5-11,14,19,21-22H,12-13,15-17H2,1-4H3. The van der Waals surface area contributed by atoms with E-state index in [0.717, 1.165) is 24.8 Å². The van der Waals surface area contributed by atoms with Crippen LogP contribution in [0.1, 0.15) is 56.6 Å². The third kappa shape index (κ3) is 4.39. The molecule has 1 aromatic heterocycles. The number of fused-ring (bicyclic) bond motifs is 2. The molecule has 1 aromatic carbocycles. The van der Waals surface area contributed by atoms with E-state index in [1.807, 2.05) is 45.9 Å². The predicted molar refractivity (Wildman–Crippen MR) is 127 cm³/mol. The van der Waals surface area contributed by atoms with Gasteiger partial charge in [0.25, 0.3) is 0 Å². The molecule has 3 saturated heterocycles.